The number of methoxy groups -OCH3 is 1. The lowest BCUT2D eigenvalue weighted by Crippen LogP contribution is -2.42. The first kappa shape index (κ1) is 14.6. The molecule has 1 atom stereocenters. The average molecular weight is 281 g/mol. The number of aromatic carboxylic acids is 1. The fraction of sp³-hybridized carbons (Fsp3) is 0.500. The van der Waals surface area contributed by atoms with E-state index in [1.54, 1.807) is 12.1 Å². The molecule has 1 unspecified atom stereocenters. The van der Waals surface area contributed by atoms with Crippen LogP contribution in [0.2, 0.25) is 0 Å². The van der Waals surface area contributed by atoms with Crippen molar-refractivity contribution >= 4 is 5.97 Å². The molecule has 2 rings (SSSR count). The number of nitrogens with zero attached hydrogens (tertiary/aromatic N) is 1. The molecule has 0 radical (unpaired) electrons. The number of likely N-dealkylation sites (N-methyl/N-ethyl adjacent to an activating group) is 1. The highest BCUT2D eigenvalue weighted by Crippen LogP contribution is 2.24. The minimum atomic E-state index is -1.04. The van der Waals surface area contributed by atoms with E-state index in [4.69, 9.17) is 14.2 Å². The Balaban J connectivity index is 2.03. The highest BCUT2D eigenvalue weighted by Gasteiger charge is 2.20. The lowest BCUT2D eigenvalue weighted by atomic mass is 10.2. The van der Waals surface area contributed by atoms with Gasteiger partial charge in [0, 0.05) is 13.1 Å². The molecule has 1 fully saturated rings. The molecular formula is C14H19NO5. The Bertz CT molecular complexity index is 477. The summed E-state index contributed by atoms with van der Waals surface area (Å²) in [6.45, 7) is 2.67. The zero-order valence-corrected chi connectivity index (χ0v) is 11.7. The van der Waals surface area contributed by atoms with Gasteiger partial charge in [0.2, 0.25) is 0 Å². The highest BCUT2D eigenvalue weighted by atomic mass is 16.5. The van der Waals surface area contributed by atoms with Gasteiger partial charge >= 0.3 is 5.97 Å². The lowest BCUT2D eigenvalue weighted by Gasteiger charge is -2.29. The Morgan fingerprint density at radius 1 is 1.55 bits per heavy atom. The second-order valence-corrected chi connectivity index (χ2v) is 4.73. The Morgan fingerprint density at radius 3 is 3.00 bits per heavy atom. The fourth-order valence-corrected chi connectivity index (χ4v) is 2.08. The Kier molecular flexibility index (Phi) is 4.81. The molecule has 1 aliphatic heterocycles. The van der Waals surface area contributed by atoms with Gasteiger partial charge in [-0.1, -0.05) is 0 Å². The second-order valence-electron chi connectivity index (χ2n) is 4.73. The fourth-order valence-electron chi connectivity index (χ4n) is 2.08. The van der Waals surface area contributed by atoms with Crippen LogP contribution in [-0.4, -0.2) is 62.5 Å². The van der Waals surface area contributed by atoms with Gasteiger partial charge < -0.3 is 24.2 Å². The van der Waals surface area contributed by atoms with Gasteiger partial charge in [0.1, 0.15) is 29.8 Å². The van der Waals surface area contributed by atoms with Crippen molar-refractivity contribution in [1.29, 1.82) is 0 Å². The molecule has 0 aromatic heterocycles. The van der Waals surface area contributed by atoms with Crippen molar-refractivity contribution in [2.75, 3.05) is 40.5 Å². The molecule has 20 heavy (non-hydrogen) atoms. The molecule has 110 valence electrons. The van der Waals surface area contributed by atoms with Crippen LogP contribution >= 0.6 is 0 Å². The maximum atomic E-state index is 11.2. The van der Waals surface area contributed by atoms with Crippen LogP contribution in [0.3, 0.4) is 0 Å². The number of carboxylic acid groups (broad SMARTS) is 1. The summed E-state index contributed by atoms with van der Waals surface area (Å²) < 4.78 is 16.2. The molecule has 0 amide bonds. The number of carbonyl (C=O) groups is 1. The van der Waals surface area contributed by atoms with Gasteiger partial charge in [-0.2, -0.15) is 0 Å². The molecule has 1 aromatic carbocycles. The smallest absolute Gasteiger partial charge is 0.339 e. The molecule has 0 aliphatic carbocycles. The first-order chi connectivity index (χ1) is 9.60. The number of morpholine rings is 1. The molecule has 1 saturated heterocycles. The van der Waals surface area contributed by atoms with Crippen LogP contribution in [0, 0.1) is 0 Å². The van der Waals surface area contributed by atoms with Gasteiger partial charge in [0.25, 0.3) is 0 Å². The van der Waals surface area contributed by atoms with Crippen molar-refractivity contribution in [3.63, 3.8) is 0 Å². The lowest BCUT2D eigenvalue weighted by molar-refractivity contribution is -0.0405. The predicted molar refractivity (Wildman–Crippen MR) is 72.7 cm³/mol. The van der Waals surface area contributed by atoms with Crippen molar-refractivity contribution in [1.82, 2.24) is 4.90 Å². The average Bonchev–Trinajstić information content (AvgIpc) is 2.45. The number of benzene rings is 1. The maximum absolute atomic E-state index is 11.2. The molecule has 0 bridgehead atoms. The summed E-state index contributed by atoms with van der Waals surface area (Å²) in [7, 11) is 3.51. The SMILES string of the molecule is COc1ccc(OCC2CN(C)CCO2)c(C(=O)O)c1. The Labute approximate surface area is 117 Å². The first-order valence-corrected chi connectivity index (χ1v) is 6.44. The van der Waals surface area contributed by atoms with Gasteiger partial charge in [-0.25, -0.2) is 4.79 Å². The zero-order valence-electron chi connectivity index (χ0n) is 11.7. The highest BCUT2D eigenvalue weighted by molar-refractivity contribution is 5.91. The Hall–Kier alpha value is -1.79. The standard InChI is InChI=1S/C14H19NO5/c1-15-5-6-19-11(8-15)9-20-13-4-3-10(18-2)7-12(13)14(16)17/h3-4,7,11H,5-6,8-9H2,1-2H3,(H,16,17). The second kappa shape index (κ2) is 6.58. The molecule has 1 aliphatic rings. The van der Waals surface area contributed by atoms with E-state index in [1.165, 1.54) is 13.2 Å². The van der Waals surface area contributed by atoms with Crippen molar-refractivity contribution in [3.8, 4) is 11.5 Å². The largest absolute Gasteiger partial charge is 0.497 e. The molecular weight excluding hydrogens is 262 g/mol. The van der Waals surface area contributed by atoms with E-state index in [0.29, 0.717) is 24.7 Å². The summed E-state index contributed by atoms with van der Waals surface area (Å²) >= 11 is 0. The summed E-state index contributed by atoms with van der Waals surface area (Å²) in [5.41, 5.74) is 0.0912. The van der Waals surface area contributed by atoms with E-state index >= 15 is 0 Å². The summed E-state index contributed by atoms with van der Waals surface area (Å²) in [6, 6.07) is 4.73. The van der Waals surface area contributed by atoms with Crippen LogP contribution in [0.15, 0.2) is 18.2 Å². The van der Waals surface area contributed by atoms with Crippen molar-refractivity contribution in [2.24, 2.45) is 0 Å². The van der Waals surface area contributed by atoms with Crippen molar-refractivity contribution < 1.29 is 24.1 Å². The molecule has 6 heteroatoms. The molecule has 1 N–H and O–H groups in total. The van der Waals surface area contributed by atoms with E-state index in [-0.39, 0.29) is 11.7 Å². The first-order valence-electron chi connectivity index (χ1n) is 6.44. The third-order valence-electron chi connectivity index (χ3n) is 3.18. The Morgan fingerprint density at radius 2 is 2.35 bits per heavy atom. The molecule has 0 spiro atoms. The third kappa shape index (κ3) is 3.61. The number of carboxylic acids is 1. The summed E-state index contributed by atoms with van der Waals surface area (Å²) in [6.07, 6.45) is -0.0440. The molecule has 6 nitrogen and oxygen atoms in total. The number of ether oxygens (including phenoxy) is 3. The van der Waals surface area contributed by atoms with Crippen LogP contribution in [0.25, 0.3) is 0 Å². The van der Waals surface area contributed by atoms with Crippen LogP contribution in [0.5, 0.6) is 11.5 Å². The van der Waals surface area contributed by atoms with Crippen LogP contribution in [0.4, 0.5) is 0 Å². The van der Waals surface area contributed by atoms with E-state index < -0.39 is 5.97 Å². The minimum absolute atomic E-state index is 0.0440. The summed E-state index contributed by atoms with van der Waals surface area (Å²) in [5, 5.41) is 9.19. The summed E-state index contributed by atoms with van der Waals surface area (Å²) in [4.78, 5) is 13.4. The number of hydrogen-bond donors (Lipinski definition) is 1. The van der Waals surface area contributed by atoms with Gasteiger partial charge in [0.15, 0.2) is 0 Å². The van der Waals surface area contributed by atoms with Gasteiger partial charge in [0.05, 0.1) is 13.7 Å². The monoisotopic (exact) mass is 281 g/mol. The van der Waals surface area contributed by atoms with Crippen LogP contribution in [0.1, 0.15) is 10.4 Å². The molecule has 0 saturated carbocycles. The van der Waals surface area contributed by atoms with Gasteiger partial charge in [-0.3, -0.25) is 0 Å². The predicted octanol–water partition coefficient (Wildman–Crippen LogP) is 1.10. The maximum Gasteiger partial charge on any atom is 0.339 e. The van der Waals surface area contributed by atoms with Gasteiger partial charge in [-0.15, -0.1) is 0 Å². The minimum Gasteiger partial charge on any atom is -0.497 e. The van der Waals surface area contributed by atoms with Crippen LogP contribution < -0.4 is 9.47 Å². The molecule has 1 aromatic rings. The molecule has 1 heterocycles. The normalized spacial score (nSPS) is 19.6. The van der Waals surface area contributed by atoms with Crippen LogP contribution in [-0.2, 0) is 4.74 Å². The number of hydrogen-bond acceptors (Lipinski definition) is 5. The summed E-state index contributed by atoms with van der Waals surface area (Å²) in [5.74, 6) is -0.223. The van der Waals surface area contributed by atoms with E-state index in [2.05, 4.69) is 4.90 Å². The topological polar surface area (TPSA) is 68.2 Å². The van der Waals surface area contributed by atoms with Crippen molar-refractivity contribution in [3.05, 3.63) is 23.8 Å². The third-order valence-corrected chi connectivity index (χ3v) is 3.18. The van der Waals surface area contributed by atoms with E-state index in [9.17, 15) is 9.90 Å². The van der Waals surface area contributed by atoms with E-state index in [1.807, 2.05) is 7.05 Å². The van der Waals surface area contributed by atoms with Crippen molar-refractivity contribution in [2.45, 2.75) is 6.10 Å². The quantitative estimate of drug-likeness (QED) is 0.871. The van der Waals surface area contributed by atoms with E-state index in [0.717, 1.165) is 13.1 Å². The van der Waals surface area contributed by atoms with Gasteiger partial charge in [-0.05, 0) is 25.2 Å². The zero-order chi connectivity index (χ0) is 14.5. The number of rotatable bonds is 5.